The zero-order valence-corrected chi connectivity index (χ0v) is 6.11. The van der Waals surface area contributed by atoms with Gasteiger partial charge in [-0.15, -0.1) is 11.8 Å². The number of H-pyrrole nitrogens is 1. The summed E-state index contributed by atoms with van der Waals surface area (Å²) in [6.07, 6.45) is 0. The minimum absolute atomic E-state index is 0.229. The van der Waals surface area contributed by atoms with Crippen LogP contribution >= 0.6 is 11.8 Å². The molecule has 0 bridgehead atoms. The predicted octanol–water partition coefficient (Wildman–Crippen LogP) is -0.498. The van der Waals surface area contributed by atoms with Crippen molar-refractivity contribution in [1.82, 2.24) is 5.27 Å². The van der Waals surface area contributed by atoms with Gasteiger partial charge >= 0.3 is 11.3 Å². The SMILES string of the molecule is O=c1o[nH][n+]2c1CSCC2. The summed E-state index contributed by atoms with van der Waals surface area (Å²) in [7, 11) is 0. The second kappa shape index (κ2) is 2.16. The molecular weight excluding hydrogens is 152 g/mol. The molecule has 2 heterocycles. The largest absolute Gasteiger partial charge is 0.430 e. The molecule has 0 saturated carbocycles. The van der Waals surface area contributed by atoms with Gasteiger partial charge in [0, 0.05) is 0 Å². The molecule has 0 unspecified atom stereocenters. The van der Waals surface area contributed by atoms with Gasteiger partial charge in [-0.3, -0.25) is 4.52 Å². The Kier molecular flexibility index (Phi) is 1.30. The van der Waals surface area contributed by atoms with E-state index in [-0.39, 0.29) is 5.63 Å². The van der Waals surface area contributed by atoms with Crippen LogP contribution in [0.2, 0.25) is 0 Å². The molecule has 10 heavy (non-hydrogen) atoms. The van der Waals surface area contributed by atoms with Crippen LogP contribution in [-0.2, 0) is 12.3 Å². The van der Waals surface area contributed by atoms with Crippen LogP contribution in [0.1, 0.15) is 5.69 Å². The molecule has 1 aromatic rings. The predicted molar refractivity (Wildman–Crippen MR) is 35.7 cm³/mol. The van der Waals surface area contributed by atoms with E-state index in [4.69, 9.17) is 0 Å². The van der Waals surface area contributed by atoms with E-state index in [9.17, 15) is 4.79 Å². The number of aromatic amines is 1. The van der Waals surface area contributed by atoms with Gasteiger partial charge in [-0.25, -0.2) is 4.79 Å². The van der Waals surface area contributed by atoms with Crippen molar-refractivity contribution in [3.05, 3.63) is 16.1 Å². The molecule has 1 aliphatic rings. The molecule has 0 spiro atoms. The summed E-state index contributed by atoms with van der Waals surface area (Å²) in [5, 5.41) is 2.54. The topological polar surface area (TPSA) is 49.9 Å². The molecule has 0 atom stereocenters. The number of nitrogens with one attached hydrogen (secondary N) is 1. The van der Waals surface area contributed by atoms with Crippen LogP contribution in [0.15, 0.2) is 9.32 Å². The molecule has 0 aliphatic carbocycles. The Morgan fingerprint density at radius 1 is 1.70 bits per heavy atom. The zero-order chi connectivity index (χ0) is 6.97. The second-order valence-electron chi connectivity index (χ2n) is 2.13. The maximum Gasteiger partial charge on any atom is 0.430 e. The standard InChI is InChI=1S/C5H6N2O2S/c8-5-4-3-10-2-1-7(4)6-9-5/h1-3H2/p+1. The summed E-state index contributed by atoms with van der Waals surface area (Å²) in [4.78, 5) is 10.8. The van der Waals surface area contributed by atoms with Crippen molar-refractivity contribution < 1.29 is 9.20 Å². The number of rotatable bonds is 0. The first kappa shape index (κ1) is 6.03. The van der Waals surface area contributed by atoms with Crippen molar-refractivity contribution in [2.75, 3.05) is 5.75 Å². The van der Waals surface area contributed by atoms with E-state index in [0.717, 1.165) is 23.7 Å². The van der Waals surface area contributed by atoms with Crippen molar-refractivity contribution in [3.63, 3.8) is 0 Å². The summed E-state index contributed by atoms with van der Waals surface area (Å²) >= 11 is 1.76. The summed E-state index contributed by atoms with van der Waals surface area (Å²) in [6.45, 7) is 0.853. The molecule has 0 aromatic carbocycles. The van der Waals surface area contributed by atoms with Gasteiger partial charge in [-0.1, -0.05) is 4.68 Å². The highest BCUT2D eigenvalue weighted by atomic mass is 32.2. The molecule has 1 aliphatic heterocycles. The van der Waals surface area contributed by atoms with Crippen molar-refractivity contribution in [3.8, 4) is 0 Å². The van der Waals surface area contributed by atoms with Crippen LogP contribution in [0.3, 0.4) is 0 Å². The molecule has 54 valence electrons. The number of thioether (sulfide) groups is 1. The lowest BCUT2D eigenvalue weighted by Crippen LogP contribution is -2.44. The maximum atomic E-state index is 10.8. The molecule has 1 N–H and O–H groups in total. The Labute approximate surface area is 61.2 Å². The van der Waals surface area contributed by atoms with Crippen molar-refractivity contribution in [2.45, 2.75) is 12.3 Å². The van der Waals surface area contributed by atoms with Crippen molar-refractivity contribution >= 4 is 11.8 Å². The van der Waals surface area contributed by atoms with Crippen molar-refractivity contribution in [2.24, 2.45) is 0 Å². The molecule has 5 heteroatoms. The van der Waals surface area contributed by atoms with Gasteiger partial charge in [-0.2, -0.15) is 0 Å². The highest BCUT2D eigenvalue weighted by molar-refractivity contribution is 7.98. The van der Waals surface area contributed by atoms with E-state index in [1.165, 1.54) is 0 Å². The van der Waals surface area contributed by atoms with Crippen LogP contribution < -0.4 is 10.3 Å². The van der Waals surface area contributed by atoms with E-state index in [2.05, 4.69) is 9.79 Å². The van der Waals surface area contributed by atoms with E-state index >= 15 is 0 Å². The number of aromatic nitrogens is 2. The third-order valence-corrected chi connectivity index (χ3v) is 2.46. The summed E-state index contributed by atoms with van der Waals surface area (Å²) in [6, 6.07) is 0. The third kappa shape index (κ3) is 0.775. The molecular formula is C5H7N2O2S+. The zero-order valence-electron chi connectivity index (χ0n) is 5.29. The summed E-state index contributed by atoms with van der Waals surface area (Å²) in [5.74, 6) is 1.82. The van der Waals surface area contributed by atoms with E-state index in [0.29, 0.717) is 0 Å². The Hall–Kier alpha value is -0.710. The maximum absolute atomic E-state index is 10.8. The molecule has 0 fully saturated rings. The Morgan fingerprint density at radius 3 is 3.40 bits per heavy atom. The number of nitrogens with zero attached hydrogens (tertiary/aromatic N) is 1. The molecule has 0 radical (unpaired) electrons. The van der Waals surface area contributed by atoms with Crippen LogP contribution in [0, 0.1) is 0 Å². The van der Waals surface area contributed by atoms with Gasteiger partial charge in [-0.05, 0) is 5.27 Å². The third-order valence-electron chi connectivity index (χ3n) is 1.51. The average molecular weight is 159 g/mol. The van der Waals surface area contributed by atoms with Gasteiger partial charge in [0.15, 0.2) is 6.54 Å². The first-order valence-corrected chi connectivity index (χ1v) is 4.21. The van der Waals surface area contributed by atoms with Crippen LogP contribution in [0.4, 0.5) is 0 Å². The lowest BCUT2D eigenvalue weighted by molar-refractivity contribution is -0.764. The Balaban J connectivity index is 2.55. The number of hydrogen-bond acceptors (Lipinski definition) is 3. The van der Waals surface area contributed by atoms with Crippen LogP contribution in [-0.4, -0.2) is 11.0 Å². The number of aryl methyl sites for hydroxylation is 1. The minimum atomic E-state index is -0.229. The lowest BCUT2D eigenvalue weighted by Gasteiger charge is -1.99. The smallest absolute Gasteiger partial charge is 0.283 e. The van der Waals surface area contributed by atoms with Crippen LogP contribution in [0.25, 0.3) is 0 Å². The molecule has 1 aromatic heterocycles. The molecule has 4 nitrogen and oxygen atoms in total. The van der Waals surface area contributed by atoms with Gasteiger partial charge in [0.1, 0.15) is 0 Å². The molecule has 0 saturated heterocycles. The fourth-order valence-electron chi connectivity index (χ4n) is 0.963. The normalized spacial score (nSPS) is 16.8. The molecule has 2 rings (SSSR count). The lowest BCUT2D eigenvalue weighted by atomic mass is 10.5. The van der Waals surface area contributed by atoms with Crippen LogP contribution in [0.5, 0.6) is 0 Å². The van der Waals surface area contributed by atoms with E-state index in [1.807, 2.05) is 0 Å². The van der Waals surface area contributed by atoms with Gasteiger partial charge in [0.2, 0.25) is 0 Å². The monoisotopic (exact) mass is 159 g/mol. The van der Waals surface area contributed by atoms with E-state index in [1.54, 1.807) is 16.4 Å². The minimum Gasteiger partial charge on any atom is -0.283 e. The Morgan fingerprint density at radius 2 is 2.60 bits per heavy atom. The highest BCUT2D eigenvalue weighted by Gasteiger charge is 2.23. The number of fused-ring (bicyclic) bond motifs is 1. The van der Waals surface area contributed by atoms with E-state index < -0.39 is 0 Å². The van der Waals surface area contributed by atoms with Gasteiger partial charge in [0.05, 0.1) is 11.5 Å². The average Bonchev–Trinajstić information content (AvgIpc) is 2.34. The second-order valence-corrected chi connectivity index (χ2v) is 3.24. The van der Waals surface area contributed by atoms with Crippen molar-refractivity contribution in [1.29, 1.82) is 0 Å². The Bertz CT molecular complexity index is 290. The summed E-state index contributed by atoms with van der Waals surface area (Å²) in [5.41, 5.74) is 0.517. The van der Waals surface area contributed by atoms with Gasteiger partial charge < -0.3 is 0 Å². The first-order chi connectivity index (χ1) is 4.88. The fraction of sp³-hybridized carbons (Fsp3) is 0.600. The molecule has 0 amide bonds. The first-order valence-electron chi connectivity index (χ1n) is 3.06. The highest BCUT2D eigenvalue weighted by Crippen LogP contribution is 2.08. The number of hydrogen-bond donors (Lipinski definition) is 1. The fourth-order valence-corrected chi connectivity index (χ4v) is 1.89. The summed E-state index contributed by atoms with van der Waals surface area (Å²) < 4.78 is 6.35. The van der Waals surface area contributed by atoms with Gasteiger partial charge in [0.25, 0.3) is 0 Å². The quantitative estimate of drug-likeness (QED) is 0.519.